The molecule has 0 saturated carbocycles. The van der Waals surface area contributed by atoms with Crippen LogP contribution in [0.2, 0.25) is 0 Å². The summed E-state index contributed by atoms with van der Waals surface area (Å²) in [7, 11) is 0. The third-order valence-electron chi connectivity index (χ3n) is 2.38. The van der Waals surface area contributed by atoms with E-state index in [-0.39, 0.29) is 0 Å². The van der Waals surface area contributed by atoms with Gasteiger partial charge in [0.2, 0.25) is 0 Å². The average Bonchev–Trinajstić information content (AvgIpc) is 1.87. The third kappa shape index (κ3) is 2.70. The van der Waals surface area contributed by atoms with E-state index in [0.717, 1.165) is 19.1 Å². The molecule has 0 radical (unpaired) electrons. The SMILES string of the molecule is CCC1CCCOCCC1. The Bertz CT molecular complexity index is 72.8. The summed E-state index contributed by atoms with van der Waals surface area (Å²) in [6, 6.07) is 0. The van der Waals surface area contributed by atoms with Crippen molar-refractivity contribution in [1.82, 2.24) is 0 Å². The Morgan fingerprint density at radius 1 is 1.20 bits per heavy atom. The van der Waals surface area contributed by atoms with Gasteiger partial charge in [0, 0.05) is 13.2 Å². The summed E-state index contributed by atoms with van der Waals surface area (Å²) in [4.78, 5) is 0. The monoisotopic (exact) mass is 142 g/mol. The van der Waals surface area contributed by atoms with Crippen molar-refractivity contribution in [2.24, 2.45) is 5.92 Å². The van der Waals surface area contributed by atoms with Crippen LogP contribution >= 0.6 is 0 Å². The second kappa shape index (κ2) is 4.73. The molecule has 1 heterocycles. The maximum Gasteiger partial charge on any atom is 0.0466 e. The van der Waals surface area contributed by atoms with E-state index in [1.54, 1.807) is 0 Å². The minimum absolute atomic E-state index is 0.990. The highest BCUT2D eigenvalue weighted by molar-refractivity contribution is 4.59. The Labute approximate surface area is 63.8 Å². The van der Waals surface area contributed by atoms with E-state index in [1.807, 2.05) is 0 Å². The Kier molecular flexibility index (Phi) is 3.81. The third-order valence-corrected chi connectivity index (χ3v) is 2.38. The lowest BCUT2D eigenvalue weighted by Gasteiger charge is -2.17. The molecule has 1 saturated heterocycles. The number of hydrogen-bond acceptors (Lipinski definition) is 1. The molecule has 1 aliphatic heterocycles. The van der Waals surface area contributed by atoms with E-state index in [9.17, 15) is 0 Å². The molecule has 0 unspecified atom stereocenters. The van der Waals surface area contributed by atoms with E-state index >= 15 is 0 Å². The van der Waals surface area contributed by atoms with E-state index in [4.69, 9.17) is 4.74 Å². The molecule has 0 amide bonds. The Balaban J connectivity index is 2.16. The zero-order chi connectivity index (χ0) is 7.23. The van der Waals surface area contributed by atoms with E-state index in [0.29, 0.717) is 0 Å². The Morgan fingerprint density at radius 3 is 2.30 bits per heavy atom. The van der Waals surface area contributed by atoms with Crippen molar-refractivity contribution in [2.45, 2.75) is 39.0 Å². The smallest absolute Gasteiger partial charge is 0.0466 e. The fourth-order valence-electron chi connectivity index (χ4n) is 1.60. The molecule has 0 aliphatic carbocycles. The van der Waals surface area contributed by atoms with Crippen LogP contribution in [0.25, 0.3) is 0 Å². The maximum atomic E-state index is 5.37. The predicted molar refractivity (Wildman–Crippen MR) is 43.1 cm³/mol. The fraction of sp³-hybridized carbons (Fsp3) is 1.00. The van der Waals surface area contributed by atoms with Gasteiger partial charge in [0.05, 0.1) is 0 Å². The van der Waals surface area contributed by atoms with E-state index < -0.39 is 0 Å². The molecule has 1 heteroatoms. The largest absolute Gasteiger partial charge is 0.381 e. The second-order valence-electron chi connectivity index (χ2n) is 3.17. The van der Waals surface area contributed by atoms with Gasteiger partial charge in [0.1, 0.15) is 0 Å². The number of rotatable bonds is 1. The van der Waals surface area contributed by atoms with Gasteiger partial charge in [0.15, 0.2) is 0 Å². The minimum Gasteiger partial charge on any atom is -0.381 e. The van der Waals surface area contributed by atoms with Crippen molar-refractivity contribution in [3.05, 3.63) is 0 Å². The maximum absolute atomic E-state index is 5.37. The van der Waals surface area contributed by atoms with Crippen LogP contribution in [-0.2, 0) is 4.74 Å². The van der Waals surface area contributed by atoms with Crippen LogP contribution in [0.15, 0.2) is 0 Å². The topological polar surface area (TPSA) is 9.23 Å². The first-order valence-electron chi connectivity index (χ1n) is 4.51. The molecular weight excluding hydrogens is 124 g/mol. The lowest BCUT2D eigenvalue weighted by atomic mass is 9.95. The van der Waals surface area contributed by atoms with Crippen molar-refractivity contribution < 1.29 is 4.74 Å². The molecule has 1 nitrogen and oxygen atoms in total. The molecule has 1 aliphatic rings. The highest BCUT2D eigenvalue weighted by Gasteiger charge is 2.07. The molecule has 0 aromatic rings. The summed E-state index contributed by atoms with van der Waals surface area (Å²) >= 11 is 0. The molecule has 10 heavy (non-hydrogen) atoms. The summed E-state index contributed by atoms with van der Waals surface area (Å²) in [6.45, 7) is 4.29. The minimum atomic E-state index is 0.990. The summed E-state index contributed by atoms with van der Waals surface area (Å²) in [5, 5.41) is 0. The van der Waals surface area contributed by atoms with Crippen LogP contribution in [0.5, 0.6) is 0 Å². The quantitative estimate of drug-likeness (QED) is 0.547. The molecule has 0 N–H and O–H groups in total. The molecule has 1 rings (SSSR count). The fourth-order valence-corrected chi connectivity index (χ4v) is 1.60. The molecule has 0 bridgehead atoms. The van der Waals surface area contributed by atoms with Gasteiger partial charge < -0.3 is 4.74 Å². The van der Waals surface area contributed by atoms with Crippen molar-refractivity contribution in [3.8, 4) is 0 Å². The van der Waals surface area contributed by atoms with E-state index in [2.05, 4.69) is 6.92 Å². The van der Waals surface area contributed by atoms with Gasteiger partial charge in [0.25, 0.3) is 0 Å². The van der Waals surface area contributed by atoms with Gasteiger partial charge in [-0.1, -0.05) is 13.3 Å². The standard InChI is InChI=1S/C9H18O/c1-2-9-5-3-7-10-8-4-6-9/h9H,2-8H2,1H3. The Hall–Kier alpha value is -0.0400. The van der Waals surface area contributed by atoms with Crippen LogP contribution in [0.4, 0.5) is 0 Å². The molecule has 0 aromatic heterocycles. The van der Waals surface area contributed by atoms with Gasteiger partial charge in [-0.2, -0.15) is 0 Å². The zero-order valence-corrected chi connectivity index (χ0v) is 6.94. The van der Waals surface area contributed by atoms with Gasteiger partial charge in [-0.15, -0.1) is 0 Å². The Morgan fingerprint density at radius 2 is 1.80 bits per heavy atom. The lowest BCUT2D eigenvalue weighted by Crippen LogP contribution is -2.08. The highest BCUT2D eigenvalue weighted by Crippen LogP contribution is 2.19. The lowest BCUT2D eigenvalue weighted by molar-refractivity contribution is 0.104. The number of hydrogen-bond donors (Lipinski definition) is 0. The van der Waals surface area contributed by atoms with Crippen molar-refractivity contribution in [3.63, 3.8) is 0 Å². The van der Waals surface area contributed by atoms with Crippen LogP contribution in [0.1, 0.15) is 39.0 Å². The molecule has 0 aromatic carbocycles. The first-order valence-corrected chi connectivity index (χ1v) is 4.51. The predicted octanol–water partition coefficient (Wildman–Crippen LogP) is 2.60. The zero-order valence-electron chi connectivity index (χ0n) is 6.94. The van der Waals surface area contributed by atoms with Crippen LogP contribution < -0.4 is 0 Å². The molecule has 0 spiro atoms. The summed E-state index contributed by atoms with van der Waals surface area (Å²) < 4.78 is 5.37. The van der Waals surface area contributed by atoms with Crippen LogP contribution in [0, 0.1) is 5.92 Å². The average molecular weight is 142 g/mol. The van der Waals surface area contributed by atoms with Gasteiger partial charge >= 0.3 is 0 Å². The van der Waals surface area contributed by atoms with E-state index in [1.165, 1.54) is 32.1 Å². The van der Waals surface area contributed by atoms with Crippen LogP contribution in [0.3, 0.4) is 0 Å². The molecular formula is C9H18O. The summed E-state index contributed by atoms with van der Waals surface area (Å²) in [6.07, 6.45) is 6.68. The molecule has 60 valence electrons. The first-order chi connectivity index (χ1) is 4.93. The van der Waals surface area contributed by atoms with Crippen molar-refractivity contribution in [2.75, 3.05) is 13.2 Å². The summed E-state index contributed by atoms with van der Waals surface area (Å²) in [5.41, 5.74) is 0. The second-order valence-corrected chi connectivity index (χ2v) is 3.17. The normalized spacial score (nSPS) is 23.7. The highest BCUT2D eigenvalue weighted by atomic mass is 16.5. The molecule has 0 atom stereocenters. The van der Waals surface area contributed by atoms with Crippen LogP contribution in [-0.4, -0.2) is 13.2 Å². The van der Waals surface area contributed by atoms with Gasteiger partial charge in [-0.05, 0) is 31.6 Å². The van der Waals surface area contributed by atoms with Crippen molar-refractivity contribution in [1.29, 1.82) is 0 Å². The van der Waals surface area contributed by atoms with Crippen molar-refractivity contribution >= 4 is 0 Å². The number of ether oxygens (including phenoxy) is 1. The first kappa shape index (κ1) is 8.06. The van der Waals surface area contributed by atoms with Gasteiger partial charge in [-0.25, -0.2) is 0 Å². The van der Waals surface area contributed by atoms with Gasteiger partial charge in [-0.3, -0.25) is 0 Å². The summed E-state index contributed by atoms with van der Waals surface area (Å²) in [5.74, 6) is 0.990. The molecule has 1 fully saturated rings.